The van der Waals surface area contributed by atoms with Crippen molar-refractivity contribution in [1.82, 2.24) is 10.3 Å². The van der Waals surface area contributed by atoms with Gasteiger partial charge in [0.1, 0.15) is 23.3 Å². The largest absolute Gasteiger partial charge is 0.492 e. The number of aromatic nitrogens is 1. The number of hydrogen-bond acceptors (Lipinski definition) is 7. The summed E-state index contributed by atoms with van der Waals surface area (Å²) in [6, 6.07) is 24.3. The van der Waals surface area contributed by atoms with Crippen LogP contribution in [0.1, 0.15) is 36.4 Å². The molecule has 0 aliphatic carbocycles. The molecule has 4 rings (SSSR count). The van der Waals surface area contributed by atoms with Crippen molar-refractivity contribution in [1.29, 1.82) is 5.26 Å². The van der Waals surface area contributed by atoms with Crippen LogP contribution in [0.5, 0.6) is 5.75 Å². The summed E-state index contributed by atoms with van der Waals surface area (Å²) in [5.74, 6) is 0.906. The molecule has 0 spiro atoms. The smallest absolute Gasteiger partial charge is 0.320 e. The van der Waals surface area contributed by atoms with Crippen LogP contribution in [0.25, 0.3) is 11.1 Å². The Morgan fingerprint density at radius 1 is 1.09 bits per heavy atom. The highest BCUT2D eigenvalue weighted by molar-refractivity contribution is 5.88. The van der Waals surface area contributed by atoms with E-state index >= 15 is 0 Å². The molecule has 1 heterocycles. The minimum Gasteiger partial charge on any atom is -0.492 e. The summed E-state index contributed by atoms with van der Waals surface area (Å²) in [6.45, 7) is 5.37. The summed E-state index contributed by atoms with van der Waals surface area (Å²) in [5, 5.41) is 12.9. The number of nitrogens with zero attached hydrogens (tertiary/aromatic N) is 2. The third-order valence-electron chi connectivity index (χ3n) is 5.86. The average Bonchev–Trinajstić information content (AvgIpc) is 3.31. The van der Waals surface area contributed by atoms with Crippen molar-refractivity contribution in [3.8, 4) is 11.8 Å². The van der Waals surface area contributed by atoms with Crippen LogP contribution in [0, 0.1) is 11.3 Å². The highest BCUT2D eigenvalue weighted by Gasteiger charge is 2.40. The molecule has 0 fully saturated rings. The maximum absolute atomic E-state index is 13.1. The van der Waals surface area contributed by atoms with Gasteiger partial charge in [-0.1, -0.05) is 42.5 Å². The third kappa shape index (κ3) is 5.18. The predicted octanol–water partition coefficient (Wildman–Crippen LogP) is 4.74. The van der Waals surface area contributed by atoms with Gasteiger partial charge in [0, 0.05) is 6.54 Å². The molecule has 7 nitrogen and oxygen atoms in total. The lowest BCUT2D eigenvalue weighted by molar-refractivity contribution is -0.147. The summed E-state index contributed by atoms with van der Waals surface area (Å²) in [4.78, 5) is 17.5. The zero-order valence-corrected chi connectivity index (χ0v) is 19.8. The predicted molar refractivity (Wildman–Crippen MR) is 132 cm³/mol. The van der Waals surface area contributed by atoms with Gasteiger partial charge < -0.3 is 19.2 Å². The topological polar surface area (TPSA) is 97.4 Å². The first kappa shape index (κ1) is 24.0. The van der Waals surface area contributed by atoms with Crippen LogP contribution in [0.3, 0.4) is 0 Å². The van der Waals surface area contributed by atoms with Gasteiger partial charge in [0.2, 0.25) is 5.89 Å². The lowest BCUT2D eigenvalue weighted by atomic mass is 9.74. The van der Waals surface area contributed by atoms with E-state index < -0.39 is 11.4 Å². The summed E-state index contributed by atoms with van der Waals surface area (Å²) in [5.41, 5.74) is 2.26. The van der Waals surface area contributed by atoms with E-state index in [-0.39, 0.29) is 6.61 Å². The molecule has 0 amide bonds. The van der Waals surface area contributed by atoms with Gasteiger partial charge >= 0.3 is 5.97 Å². The van der Waals surface area contributed by atoms with Gasteiger partial charge in [0.25, 0.3) is 0 Å². The Morgan fingerprint density at radius 3 is 2.57 bits per heavy atom. The molecule has 1 atom stereocenters. The summed E-state index contributed by atoms with van der Waals surface area (Å²) < 4.78 is 16.9. The number of oxazole rings is 1. The molecule has 4 aromatic rings. The van der Waals surface area contributed by atoms with Crippen LogP contribution in [-0.4, -0.2) is 30.7 Å². The summed E-state index contributed by atoms with van der Waals surface area (Å²) in [7, 11) is 0. The van der Waals surface area contributed by atoms with E-state index in [1.54, 1.807) is 32.0 Å². The average molecular weight is 470 g/mol. The molecule has 7 heteroatoms. The molecule has 35 heavy (non-hydrogen) atoms. The molecule has 0 bridgehead atoms. The molecule has 3 aromatic carbocycles. The second kappa shape index (κ2) is 10.9. The third-order valence-corrected chi connectivity index (χ3v) is 5.86. The van der Waals surface area contributed by atoms with Crippen molar-refractivity contribution in [3.05, 3.63) is 95.4 Å². The van der Waals surface area contributed by atoms with E-state index in [0.717, 1.165) is 16.7 Å². The molecule has 0 aliphatic heterocycles. The first-order valence-corrected chi connectivity index (χ1v) is 11.5. The Balaban J connectivity index is 1.39. The second-order valence-electron chi connectivity index (χ2n) is 8.13. The van der Waals surface area contributed by atoms with E-state index in [1.165, 1.54) is 0 Å². The van der Waals surface area contributed by atoms with Crippen molar-refractivity contribution >= 4 is 17.1 Å². The fourth-order valence-electron chi connectivity index (χ4n) is 3.99. The number of hydrogen-bond donors (Lipinski definition) is 1. The van der Waals surface area contributed by atoms with Gasteiger partial charge in [-0.3, -0.25) is 4.79 Å². The van der Waals surface area contributed by atoms with Gasteiger partial charge in [-0.25, -0.2) is 4.98 Å². The van der Waals surface area contributed by atoms with Crippen molar-refractivity contribution in [2.45, 2.75) is 25.8 Å². The highest BCUT2D eigenvalue weighted by atomic mass is 16.5. The normalized spacial score (nSPS) is 12.6. The maximum Gasteiger partial charge on any atom is 0.320 e. The van der Waals surface area contributed by atoms with Crippen molar-refractivity contribution in [2.24, 2.45) is 0 Å². The maximum atomic E-state index is 13.1. The Morgan fingerprint density at radius 2 is 1.83 bits per heavy atom. The number of benzene rings is 3. The number of nitrogens with one attached hydrogen (secondary N) is 1. The van der Waals surface area contributed by atoms with Crippen molar-refractivity contribution in [2.75, 3.05) is 19.8 Å². The minimum absolute atomic E-state index is 0.251. The molecule has 0 aliphatic rings. The quantitative estimate of drug-likeness (QED) is 0.265. The zero-order valence-electron chi connectivity index (χ0n) is 19.8. The summed E-state index contributed by atoms with van der Waals surface area (Å²) in [6.07, 6.45) is 0. The van der Waals surface area contributed by atoms with E-state index in [2.05, 4.69) is 16.4 Å². The lowest BCUT2D eigenvalue weighted by Gasteiger charge is -2.29. The number of carbonyl (C=O) groups is 1. The number of esters is 1. The molecule has 1 unspecified atom stereocenters. The minimum atomic E-state index is -1.12. The molecular formula is C28H27N3O4. The van der Waals surface area contributed by atoms with Crippen LogP contribution in [0.4, 0.5) is 0 Å². The second-order valence-corrected chi connectivity index (χ2v) is 8.13. The molecular weight excluding hydrogens is 442 g/mol. The number of ether oxygens (including phenoxy) is 2. The Hall–Kier alpha value is -4.15. The monoisotopic (exact) mass is 469 g/mol. The molecule has 1 N–H and O–H groups in total. The standard InChI is InChI=1S/C28H27N3O4/c1-3-33-27(32)28(2,23-9-5-4-8-20(23)18-29)21-12-14-22(15-13-21)34-17-16-30-19-26-31-24-10-6-7-11-25(24)35-26/h4-15,30H,3,16-17,19H2,1-2H3. The van der Waals surface area contributed by atoms with Crippen LogP contribution in [0.2, 0.25) is 0 Å². The Kier molecular flexibility index (Phi) is 7.44. The van der Waals surface area contributed by atoms with Gasteiger partial charge in [0.05, 0.1) is 24.8 Å². The van der Waals surface area contributed by atoms with Crippen molar-refractivity contribution in [3.63, 3.8) is 0 Å². The van der Waals surface area contributed by atoms with Crippen molar-refractivity contribution < 1.29 is 18.7 Å². The highest BCUT2D eigenvalue weighted by Crippen LogP contribution is 2.36. The number of rotatable bonds is 10. The van der Waals surface area contributed by atoms with E-state index in [9.17, 15) is 10.1 Å². The molecule has 1 aromatic heterocycles. The van der Waals surface area contributed by atoms with E-state index in [1.807, 2.05) is 54.6 Å². The van der Waals surface area contributed by atoms with Crippen LogP contribution in [0.15, 0.2) is 77.2 Å². The van der Waals surface area contributed by atoms with Gasteiger partial charge in [-0.15, -0.1) is 0 Å². The van der Waals surface area contributed by atoms with E-state index in [0.29, 0.717) is 42.5 Å². The lowest BCUT2D eigenvalue weighted by Crippen LogP contribution is -2.36. The molecule has 0 radical (unpaired) electrons. The fraction of sp³-hybridized carbons (Fsp3) is 0.250. The van der Waals surface area contributed by atoms with Gasteiger partial charge in [-0.2, -0.15) is 5.26 Å². The van der Waals surface area contributed by atoms with Gasteiger partial charge in [0.15, 0.2) is 5.58 Å². The molecule has 178 valence electrons. The summed E-state index contributed by atoms with van der Waals surface area (Å²) >= 11 is 0. The Labute approximate surface area is 204 Å². The number of para-hydroxylation sites is 2. The number of fused-ring (bicyclic) bond motifs is 1. The SMILES string of the molecule is CCOC(=O)C(C)(c1ccc(OCCNCc2nc3ccccc3o2)cc1)c1ccccc1C#N. The molecule has 0 saturated heterocycles. The fourth-order valence-corrected chi connectivity index (χ4v) is 3.99. The number of nitriles is 1. The Bertz CT molecular complexity index is 1310. The van der Waals surface area contributed by atoms with Gasteiger partial charge in [-0.05, 0) is 55.3 Å². The number of carbonyl (C=O) groups excluding carboxylic acids is 1. The first-order valence-electron chi connectivity index (χ1n) is 11.5. The zero-order chi connectivity index (χ0) is 24.7. The van der Waals surface area contributed by atoms with Crippen LogP contribution < -0.4 is 10.1 Å². The van der Waals surface area contributed by atoms with Crippen LogP contribution >= 0.6 is 0 Å². The van der Waals surface area contributed by atoms with Crippen LogP contribution in [-0.2, 0) is 21.5 Å². The molecule has 0 saturated carbocycles. The first-order chi connectivity index (χ1) is 17.1. The van der Waals surface area contributed by atoms with E-state index in [4.69, 9.17) is 13.9 Å².